The van der Waals surface area contributed by atoms with Gasteiger partial charge in [0.25, 0.3) is 5.91 Å². The molecule has 0 aromatic heterocycles. The van der Waals surface area contributed by atoms with Crippen LogP contribution in [0.25, 0.3) is 0 Å². The summed E-state index contributed by atoms with van der Waals surface area (Å²) < 4.78 is 0. The van der Waals surface area contributed by atoms with E-state index in [1.54, 1.807) is 0 Å². The first-order chi connectivity index (χ1) is 10.1. The average Bonchev–Trinajstić information content (AvgIpc) is 2.49. The van der Waals surface area contributed by atoms with Crippen molar-refractivity contribution in [2.45, 2.75) is 13.3 Å². The number of carboxylic acids is 1. The van der Waals surface area contributed by atoms with Crippen molar-refractivity contribution in [1.29, 1.82) is 0 Å². The SMILES string of the molecule is Cc1ccccc1CCNC(=O)c1ccc(C(=O)O)cc1. The van der Waals surface area contributed by atoms with Gasteiger partial charge >= 0.3 is 5.97 Å². The molecule has 0 unspecified atom stereocenters. The van der Waals surface area contributed by atoms with Crippen molar-refractivity contribution in [2.75, 3.05) is 6.54 Å². The lowest BCUT2D eigenvalue weighted by molar-refractivity contribution is 0.0696. The van der Waals surface area contributed by atoms with Crippen molar-refractivity contribution < 1.29 is 14.7 Å². The molecular formula is C17H17NO3. The second-order valence-corrected chi connectivity index (χ2v) is 4.81. The predicted molar refractivity (Wildman–Crippen MR) is 80.6 cm³/mol. The molecule has 0 heterocycles. The Morgan fingerprint density at radius 1 is 1.00 bits per heavy atom. The number of hydrogen-bond donors (Lipinski definition) is 2. The highest BCUT2D eigenvalue weighted by Gasteiger charge is 2.07. The van der Waals surface area contributed by atoms with E-state index in [1.807, 2.05) is 31.2 Å². The number of carbonyl (C=O) groups is 2. The van der Waals surface area contributed by atoms with E-state index in [0.717, 1.165) is 6.42 Å². The molecule has 0 aliphatic heterocycles. The topological polar surface area (TPSA) is 66.4 Å². The maximum atomic E-state index is 11.9. The molecule has 4 nitrogen and oxygen atoms in total. The molecule has 0 saturated carbocycles. The summed E-state index contributed by atoms with van der Waals surface area (Å²) in [6, 6.07) is 14.0. The molecular weight excluding hydrogens is 266 g/mol. The van der Waals surface area contributed by atoms with Gasteiger partial charge in [-0.1, -0.05) is 24.3 Å². The van der Waals surface area contributed by atoms with Crippen molar-refractivity contribution in [1.82, 2.24) is 5.32 Å². The van der Waals surface area contributed by atoms with Gasteiger partial charge in [0.15, 0.2) is 0 Å². The van der Waals surface area contributed by atoms with Crippen LogP contribution in [-0.2, 0) is 6.42 Å². The normalized spacial score (nSPS) is 10.1. The Morgan fingerprint density at radius 2 is 1.62 bits per heavy atom. The minimum atomic E-state index is -0.999. The van der Waals surface area contributed by atoms with Crippen LogP contribution in [0.3, 0.4) is 0 Å². The summed E-state index contributed by atoms with van der Waals surface area (Å²) in [7, 11) is 0. The number of rotatable bonds is 5. The van der Waals surface area contributed by atoms with Gasteiger partial charge in [0.1, 0.15) is 0 Å². The zero-order valence-electron chi connectivity index (χ0n) is 11.8. The van der Waals surface area contributed by atoms with Crippen LogP contribution in [0.2, 0.25) is 0 Å². The molecule has 0 saturated heterocycles. The van der Waals surface area contributed by atoms with Gasteiger partial charge < -0.3 is 10.4 Å². The van der Waals surface area contributed by atoms with Gasteiger partial charge in [-0.25, -0.2) is 4.79 Å². The zero-order chi connectivity index (χ0) is 15.2. The number of nitrogens with one attached hydrogen (secondary N) is 1. The van der Waals surface area contributed by atoms with Crippen molar-refractivity contribution in [3.8, 4) is 0 Å². The van der Waals surface area contributed by atoms with E-state index in [4.69, 9.17) is 5.11 Å². The van der Waals surface area contributed by atoms with Crippen LogP contribution in [-0.4, -0.2) is 23.5 Å². The first-order valence-electron chi connectivity index (χ1n) is 6.74. The minimum absolute atomic E-state index is 0.173. The Kier molecular flexibility index (Phi) is 4.72. The molecule has 2 rings (SSSR count). The third-order valence-corrected chi connectivity index (χ3v) is 3.34. The first kappa shape index (κ1) is 14.8. The average molecular weight is 283 g/mol. The fraction of sp³-hybridized carbons (Fsp3) is 0.176. The van der Waals surface area contributed by atoms with Gasteiger partial charge in [0, 0.05) is 12.1 Å². The van der Waals surface area contributed by atoms with Gasteiger partial charge in [0.05, 0.1) is 5.56 Å². The third kappa shape index (κ3) is 3.92. The number of aromatic carboxylic acids is 1. The van der Waals surface area contributed by atoms with E-state index in [2.05, 4.69) is 5.32 Å². The largest absolute Gasteiger partial charge is 0.478 e. The first-order valence-corrected chi connectivity index (χ1v) is 6.74. The van der Waals surface area contributed by atoms with Gasteiger partial charge in [-0.15, -0.1) is 0 Å². The lowest BCUT2D eigenvalue weighted by Gasteiger charge is -2.07. The molecule has 0 aliphatic rings. The molecule has 0 bridgehead atoms. The molecule has 0 radical (unpaired) electrons. The number of carboxylic acid groups (broad SMARTS) is 1. The molecule has 2 N–H and O–H groups in total. The summed E-state index contributed by atoms with van der Waals surface area (Å²) in [6.07, 6.45) is 0.769. The molecule has 0 aliphatic carbocycles. The highest BCUT2D eigenvalue weighted by Crippen LogP contribution is 2.08. The summed E-state index contributed by atoms with van der Waals surface area (Å²) in [5.74, 6) is -1.19. The number of benzene rings is 2. The molecule has 0 spiro atoms. The monoisotopic (exact) mass is 283 g/mol. The zero-order valence-corrected chi connectivity index (χ0v) is 11.8. The van der Waals surface area contributed by atoms with E-state index >= 15 is 0 Å². The van der Waals surface area contributed by atoms with Crippen molar-refractivity contribution in [2.24, 2.45) is 0 Å². The number of amides is 1. The van der Waals surface area contributed by atoms with E-state index in [-0.39, 0.29) is 11.5 Å². The second kappa shape index (κ2) is 6.70. The van der Waals surface area contributed by atoms with E-state index in [0.29, 0.717) is 12.1 Å². The maximum Gasteiger partial charge on any atom is 0.335 e. The molecule has 4 heteroatoms. The molecule has 1 amide bonds. The highest BCUT2D eigenvalue weighted by molar-refractivity contribution is 5.95. The molecule has 2 aromatic carbocycles. The van der Waals surface area contributed by atoms with Crippen LogP contribution in [0.5, 0.6) is 0 Å². The molecule has 0 atom stereocenters. The standard InChI is InChI=1S/C17H17NO3/c1-12-4-2-3-5-13(12)10-11-18-16(19)14-6-8-15(9-7-14)17(20)21/h2-9H,10-11H2,1H3,(H,18,19)(H,20,21). The predicted octanol–water partition coefficient (Wildman–Crippen LogP) is 2.67. The van der Waals surface area contributed by atoms with Crippen LogP contribution in [0.15, 0.2) is 48.5 Å². The smallest absolute Gasteiger partial charge is 0.335 e. The molecule has 21 heavy (non-hydrogen) atoms. The quantitative estimate of drug-likeness (QED) is 0.886. The van der Waals surface area contributed by atoms with Crippen molar-refractivity contribution in [3.63, 3.8) is 0 Å². The second-order valence-electron chi connectivity index (χ2n) is 4.81. The Bertz CT molecular complexity index is 647. The number of hydrogen-bond acceptors (Lipinski definition) is 2. The Hall–Kier alpha value is -2.62. The summed E-state index contributed by atoms with van der Waals surface area (Å²) >= 11 is 0. The minimum Gasteiger partial charge on any atom is -0.478 e. The fourth-order valence-electron chi connectivity index (χ4n) is 2.07. The van der Waals surface area contributed by atoms with Crippen LogP contribution in [0.4, 0.5) is 0 Å². The summed E-state index contributed by atoms with van der Waals surface area (Å²) in [5.41, 5.74) is 3.05. The maximum absolute atomic E-state index is 11.9. The molecule has 108 valence electrons. The Labute approximate surface area is 123 Å². The summed E-state index contributed by atoms with van der Waals surface area (Å²) in [5, 5.41) is 11.6. The Balaban J connectivity index is 1.90. The van der Waals surface area contributed by atoms with E-state index in [9.17, 15) is 9.59 Å². The van der Waals surface area contributed by atoms with Crippen molar-refractivity contribution >= 4 is 11.9 Å². The fourth-order valence-corrected chi connectivity index (χ4v) is 2.07. The van der Waals surface area contributed by atoms with Crippen LogP contribution in [0, 0.1) is 6.92 Å². The highest BCUT2D eigenvalue weighted by atomic mass is 16.4. The van der Waals surface area contributed by atoms with Gasteiger partial charge in [-0.05, 0) is 48.7 Å². The number of carbonyl (C=O) groups excluding carboxylic acids is 1. The van der Waals surface area contributed by atoms with Crippen LogP contribution < -0.4 is 5.32 Å². The molecule has 0 fully saturated rings. The van der Waals surface area contributed by atoms with Gasteiger partial charge in [-0.3, -0.25) is 4.79 Å². The van der Waals surface area contributed by atoms with Crippen LogP contribution >= 0.6 is 0 Å². The summed E-state index contributed by atoms with van der Waals surface area (Å²) in [4.78, 5) is 22.7. The third-order valence-electron chi connectivity index (χ3n) is 3.34. The summed E-state index contributed by atoms with van der Waals surface area (Å²) in [6.45, 7) is 2.59. The molecule has 2 aromatic rings. The lowest BCUT2D eigenvalue weighted by Crippen LogP contribution is -2.25. The van der Waals surface area contributed by atoms with Gasteiger partial charge in [0.2, 0.25) is 0 Å². The van der Waals surface area contributed by atoms with Gasteiger partial charge in [-0.2, -0.15) is 0 Å². The number of aryl methyl sites for hydroxylation is 1. The van der Waals surface area contributed by atoms with E-state index < -0.39 is 5.97 Å². The Morgan fingerprint density at radius 3 is 2.24 bits per heavy atom. The van der Waals surface area contributed by atoms with Crippen molar-refractivity contribution in [3.05, 3.63) is 70.8 Å². The lowest BCUT2D eigenvalue weighted by atomic mass is 10.1. The van der Waals surface area contributed by atoms with E-state index in [1.165, 1.54) is 35.4 Å². The van der Waals surface area contributed by atoms with Crippen LogP contribution in [0.1, 0.15) is 31.8 Å².